The van der Waals surface area contributed by atoms with Crippen LogP contribution in [-0.2, 0) is 6.54 Å². The van der Waals surface area contributed by atoms with Gasteiger partial charge in [-0.1, -0.05) is 80.4 Å². The van der Waals surface area contributed by atoms with Gasteiger partial charge in [0.15, 0.2) is 5.78 Å². The van der Waals surface area contributed by atoms with Gasteiger partial charge in [-0.3, -0.25) is 9.59 Å². The minimum Gasteiger partial charge on any atom is -0.310 e. The van der Waals surface area contributed by atoms with Crippen LogP contribution in [0, 0.1) is 0 Å². The zero-order chi connectivity index (χ0) is 19.1. The predicted octanol–water partition coefficient (Wildman–Crippen LogP) is 5.33. The third-order valence-electron chi connectivity index (χ3n) is 4.70. The first-order valence-corrected chi connectivity index (χ1v) is 9.56. The lowest BCUT2D eigenvalue weighted by atomic mass is 10.0. The Hall–Kier alpha value is -2.94. The van der Waals surface area contributed by atoms with Crippen LogP contribution < -0.4 is 5.56 Å². The number of hydrogen-bond donors (Lipinski definition) is 0. The highest BCUT2D eigenvalue weighted by atomic mass is 16.1. The number of rotatable bonds is 8. The van der Waals surface area contributed by atoms with Crippen molar-refractivity contribution in [1.29, 1.82) is 0 Å². The van der Waals surface area contributed by atoms with Gasteiger partial charge in [0.25, 0.3) is 5.56 Å². The van der Waals surface area contributed by atoms with Crippen molar-refractivity contribution in [1.82, 2.24) is 4.57 Å². The Morgan fingerprint density at radius 3 is 2.22 bits per heavy atom. The molecule has 1 heterocycles. The monoisotopic (exact) mass is 359 g/mol. The van der Waals surface area contributed by atoms with E-state index < -0.39 is 0 Å². The standard InChI is InChI=1S/C24H25NO2/c1-2-3-6-15-23(26)22-16-21(20-13-9-5-10-14-20)18-25(24(22)27)17-19-11-7-4-8-12-19/h4-5,7-14,16,18H,2-3,6,15,17H2,1H3. The summed E-state index contributed by atoms with van der Waals surface area (Å²) in [6.07, 6.45) is 5.15. The maximum absolute atomic E-state index is 13.0. The number of Topliss-reactive ketones (excluding diaryl/α,β-unsaturated/α-hetero) is 1. The van der Waals surface area contributed by atoms with Crippen LogP contribution in [-0.4, -0.2) is 10.4 Å². The van der Waals surface area contributed by atoms with E-state index in [9.17, 15) is 9.59 Å². The zero-order valence-electron chi connectivity index (χ0n) is 15.7. The van der Waals surface area contributed by atoms with Crippen LogP contribution in [0.25, 0.3) is 11.1 Å². The molecule has 0 saturated carbocycles. The minimum atomic E-state index is -0.208. The highest BCUT2D eigenvalue weighted by molar-refractivity contribution is 5.96. The van der Waals surface area contributed by atoms with Gasteiger partial charge in [0.05, 0.1) is 12.1 Å². The number of hydrogen-bond acceptors (Lipinski definition) is 2. The zero-order valence-corrected chi connectivity index (χ0v) is 15.7. The van der Waals surface area contributed by atoms with Gasteiger partial charge in [0.1, 0.15) is 0 Å². The van der Waals surface area contributed by atoms with Crippen molar-refractivity contribution < 1.29 is 4.79 Å². The van der Waals surface area contributed by atoms with Gasteiger partial charge in [-0.25, -0.2) is 0 Å². The molecular weight excluding hydrogens is 334 g/mol. The first kappa shape index (κ1) is 18.8. The van der Waals surface area contributed by atoms with Crippen molar-refractivity contribution >= 4 is 5.78 Å². The molecule has 0 saturated heterocycles. The summed E-state index contributed by atoms with van der Waals surface area (Å²) in [6.45, 7) is 2.56. The molecule has 3 aromatic rings. The molecule has 0 fully saturated rings. The van der Waals surface area contributed by atoms with E-state index in [1.807, 2.05) is 66.9 Å². The first-order valence-electron chi connectivity index (χ1n) is 9.56. The van der Waals surface area contributed by atoms with Crippen LogP contribution in [0.1, 0.15) is 48.5 Å². The number of benzene rings is 2. The van der Waals surface area contributed by atoms with E-state index in [0.29, 0.717) is 18.5 Å². The summed E-state index contributed by atoms with van der Waals surface area (Å²) < 4.78 is 1.66. The highest BCUT2D eigenvalue weighted by Crippen LogP contribution is 2.20. The molecule has 0 spiro atoms. The molecule has 0 radical (unpaired) electrons. The van der Waals surface area contributed by atoms with Crippen molar-refractivity contribution in [2.75, 3.05) is 0 Å². The van der Waals surface area contributed by atoms with Crippen molar-refractivity contribution in [3.8, 4) is 11.1 Å². The van der Waals surface area contributed by atoms with E-state index in [1.54, 1.807) is 10.6 Å². The second kappa shape index (κ2) is 9.13. The summed E-state index contributed by atoms with van der Waals surface area (Å²) in [6, 6.07) is 21.5. The number of carbonyl (C=O) groups excluding carboxylic acids is 1. The fourth-order valence-electron chi connectivity index (χ4n) is 3.19. The molecule has 0 aliphatic carbocycles. The van der Waals surface area contributed by atoms with Crippen LogP contribution in [0.4, 0.5) is 0 Å². The molecule has 3 nitrogen and oxygen atoms in total. The predicted molar refractivity (Wildman–Crippen MR) is 110 cm³/mol. The summed E-state index contributed by atoms with van der Waals surface area (Å²) in [4.78, 5) is 25.7. The van der Waals surface area contributed by atoms with Crippen LogP contribution in [0.15, 0.2) is 77.7 Å². The van der Waals surface area contributed by atoms with Gasteiger partial charge in [0, 0.05) is 12.6 Å². The van der Waals surface area contributed by atoms with Gasteiger partial charge < -0.3 is 4.57 Å². The first-order chi connectivity index (χ1) is 13.2. The summed E-state index contributed by atoms with van der Waals surface area (Å²) in [5.41, 5.74) is 3.02. The van der Waals surface area contributed by atoms with Gasteiger partial charge in [-0.05, 0) is 29.2 Å². The van der Waals surface area contributed by atoms with E-state index in [2.05, 4.69) is 6.92 Å². The van der Waals surface area contributed by atoms with Gasteiger partial charge >= 0.3 is 0 Å². The molecule has 3 rings (SSSR count). The molecule has 2 aromatic carbocycles. The highest BCUT2D eigenvalue weighted by Gasteiger charge is 2.15. The maximum atomic E-state index is 13.0. The van der Waals surface area contributed by atoms with Gasteiger partial charge in [0.2, 0.25) is 0 Å². The third-order valence-corrected chi connectivity index (χ3v) is 4.70. The van der Waals surface area contributed by atoms with Crippen LogP contribution in [0.5, 0.6) is 0 Å². The van der Waals surface area contributed by atoms with Crippen molar-refractivity contribution in [2.45, 2.75) is 39.2 Å². The van der Waals surface area contributed by atoms with Crippen LogP contribution in [0.2, 0.25) is 0 Å². The Labute approximate surface area is 160 Å². The second-order valence-corrected chi connectivity index (χ2v) is 6.81. The lowest BCUT2D eigenvalue weighted by molar-refractivity contribution is 0.0977. The largest absolute Gasteiger partial charge is 0.310 e. The number of unbranched alkanes of at least 4 members (excludes halogenated alkanes) is 2. The van der Waals surface area contributed by atoms with Gasteiger partial charge in [-0.15, -0.1) is 0 Å². The summed E-state index contributed by atoms with van der Waals surface area (Å²) >= 11 is 0. The smallest absolute Gasteiger partial charge is 0.261 e. The fraction of sp³-hybridized carbons (Fsp3) is 0.250. The van der Waals surface area contributed by atoms with Crippen molar-refractivity contribution in [3.05, 3.63) is 94.4 Å². The molecule has 0 aliphatic rings. The molecule has 27 heavy (non-hydrogen) atoms. The Balaban J connectivity index is 2.02. The summed E-state index contributed by atoms with van der Waals surface area (Å²) in [5.74, 6) is -0.0620. The van der Waals surface area contributed by atoms with E-state index in [1.165, 1.54) is 0 Å². The third kappa shape index (κ3) is 4.82. The molecule has 0 unspecified atom stereocenters. The normalized spacial score (nSPS) is 10.7. The number of pyridine rings is 1. The number of carbonyl (C=O) groups is 1. The molecule has 3 heteroatoms. The van der Waals surface area contributed by atoms with E-state index in [0.717, 1.165) is 36.0 Å². The van der Waals surface area contributed by atoms with E-state index in [4.69, 9.17) is 0 Å². The quantitative estimate of drug-likeness (QED) is 0.403. The molecular formula is C24H25NO2. The van der Waals surface area contributed by atoms with Crippen LogP contribution >= 0.6 is 0 Å². The van der Waals surface area contributed by atoms with Gasteiger partial charge in [-0.2, -0.15) is 0 Å². The Bertz CT molecular complexity index is 943. The summed E-state index contributed by atoms with van der Waals surface area (Å²) in [7, 11) is 0. The molecule has 0 atom stereocenters. The van der Waals surface area contributed by atoms with Crippen molar-refractivity contribution in [3.63, 3.8) is 0 Å². The summed E-state index contributed by atoms with van der Waals surface area (Å²) in [5, 5.41) is 0. The molecule has 0 bridgehead atoms. The fourth-order valence-corrected chi connectivity index (χ4v) is 3.19. The maximum Gasteiger partial charge on any atom is 0.261 e. The molecule has 0 N–H and O–H groups in total. The lowest BCUT2D eigenvalue weighted by Gasteiger charge is -2.12. The Morgan fingerprint density at radius 2 is 1.56 bits per heavy atom. The van der Waals surface area contributed by atoms with Crippen molar-refractivity contribution in [2.24, 2.45) is 0 Å². The van der Waals surface area contributed by atoms with E-state index >= 15 is 0 Å². The number of aromatic nitrogens is 1. The second-order valence-electron chi connectivity index (χ2n) is 6.81. The average Bonchev–Trinajstić information content (AvgIpc) is 2.71. The Kier molecular flexibility index (Phi) is 6.37. The average molecular weight is 359 g/mol. The minimum absolute atomic E-state index is 0.0620. The topological polar surface area (TPSA) is 39.1 Å². The SMILES string of the molecule is CCCCCC(=O)c1cc(-c2ccccc2)cn(Cc2ccccc2)c1=O. The van der Waals surface area contributed by atoms with E-state index in [-0.39, 0.29) is 11.3 Å². The Morgan fingerprint density at radius 1 is 0.889 bits per heavy atom. The van der Waals surface area contributed by atoms with Crippen LogP contribution in [0.3, 0.4) is 0 Å². The number of nitrogens with zero attached hydrogens (tertiary/aromatic N) is 1. The lowest BCUT2D eigenvalue weighted by Crippen LogP contribution is -2.26. The number of ketones is 1. The molecule has 1 aromatic heterocycles. The molecule has 0 amide bonds. The molecule has 138 valence electrons. The molecule has 0 aliphatic heterocycles.